The van der Waals surface area contributed by atoms with E-state index < -0.39 is 0 Å². The molecular weight excluding hydrogens is 250 g/mol. The van der Waals surface area contributed by atoms with Crippen molar-refractivity contribution in [2.45, 2.75) is 58.5 Å². The summed E-state index contributed by atoms with van der Waals surface area (Å²) in [5.41, 5.74) is 1.24. The van der Waals surface area contributed by atoms with Crippen molar-refractivity contribution in [2.75, 3.05) is 20.1 Å². The fourth-order valence-corrected chi connectivity index (χ4v) is 3.52. The highest BCUT2D eigenvalue weighted by molar-refractivity contribution is 5.05. The highest BCUT2D eigenvalue weighted by Crippen LogP contribution is 2.29. The number of likely N-dealkylation sites (N-methyl/N-ethyl adjacent to an activating group) is 2. The average Bonchev–Trinajstić information content (AvgIpc) is 2.88. The summed E-state index contributed by atoms with van der Waals surface area (Å²) in [5.74, 6) is 0. The fraction of sp³-hybridized carbons (Fsp3) is 0.867. The number of aromatic nitrogens is 3. The van der Waals surface area contributed by atoms with Gasteiger partial charge in [-0.15, -0.1) is 5.10 Å². The van der Waals surface area contributed by atoms with Crippen LogP contribution in [0.5, 0.6) is 0 Å². The van der Waals surface area contributed by atoms with Crippen LogP contribution in [0.15, 0.2) is 6.20 Å². The Labute approximate surface area is 123 Å². The van der Waals surface area contributed by atoms with E-state index in [1.165, 1.54) is 0 Å². The van der Waals surface area contributed by atoms with E-state index in [4.69, 9.17) is 0 Å². The Balaban J connectivity index is 3.01. The van der Waals surface area contributed by atoms with E-state index in [0.29, 0.717) is 6.04 Å². The Bertz CT molecular complexity index is 379. The quantitative estimate of drug-likeness (QED) is 0.750. The topological polar surface area (TPSA) is 46.0 Å². The van der Waals surface area contributed by atoms with Gasteiger partial charge in [0.1, 0.15) is 0 Å². The molecule has 1 atom stereocenters. The van der Waals surface area contributed by atoms with Crippen LogP contribution < -0.4 is 5.32 Å². The second-order valence-electron chi connectivity index (χ2n) is 5.41. The molecule has 20 heavy (non-hydrogen) atoms. The fourth-order valence-electron chi connectivity index (χ4n) is 3.52. The zero-order valence-corrected chi connectivity index (χ0v) is 14.0. The van der Waals surface area contributed by atoms with Crippen LogP contribution in [-0.4, -0.2) is 51.6 Å². The monoisotopic (exact) mass is 281 g/mol. The molecule has 0 saturated heterocycles. The summed E-state index contributed by atoms with van der Waals surface area (Å²) in [7, 11) is 3.98. The van der Waals surface area contributed by atoms with E-state index >= 15 is 0 Å². The minimum Gasteiger partial charge on any atom is -0.315 e. The Morgan fingerprint density at radius 3 is 2.20 bits per heavy atom. The van der Waals surface area contributed by atoms with Gasteiger partial charge in [0.2, 0.25) is 0 Å². The molecule has 1 heterocycles. The van der Waals surface area contributed by atoms with Crippen molar-refractivity contribution in [3.63, 3.8) is 0 Å². The average molecular weight is 281 g/mol. The summed E-state index contributed by atoms with van der Waals surface area (Å²) in [5, 5.41) is 11.8. The Morgan fingerprint density at radius 2 is 1.85 bits per heavy atom. The second-order valence-corrected chi connectivity index (χ2v) is 5.41. The molecule has 5 nitrogen and oxygen atoms in total. The Morgan fingerprint density at radius 1 is 1.25 bits per heavy atom. The van der Waals surface area contributed by atoms with Crippen LogP contribution in [0.25, 0.3) is 0 Å². The molecule has 1 aromatic heterocycles. The third kappa shape index (κ3) is 3.38. The maximum atomic E-state index is 4.25. The van der Waals surface area contributed by atoms with Crippen LogP contribution in [-0.2, 0) is 13.5 Å². The van der Waals surface area contributed by atoms with E-state index in [2.05, 4.69) is 55.3 Å². The Hall–Kier alpha value is -0.940. The molecule has 116 valence electrons. The van der Waals surface area contributed by atoms with Crippen molar-refractivity contribution < 1.29 is 0 Å². The van der Waals surface area contributed by atoms with Gasteiger partial charge in [-0.25, -0.2) is 0 Å². The van der Waals surface area contributed by atoms with Gasteiger partial charge in [-0.3, -0.25) is 9.58 Å². The maximum absolute atomic E-state index is 4.25. The predicted molar refractivity (Wildman–Crippen MR) is 83.8 cm³/mol. The van der Waals surface area contributed by atoms with Crippen molar-refractivity contribution in [3.8, 4) is 0 Å². The normalized spacial score (nSPS) is 13.9. The number of nitrogens with one attached hydrogen (secondary N) is 1. The number of nitrogens with zero attached hydrogens (tertiary/aromatic N) is 4. The zero-order chi connectivity index (χ0) is 15.2. The van der Waals surface area contributed by atoms with Crippen LogP contribution in [0.2, 0.25) is 0 Å². The molecular formula is C15H31N5. The van der Waals surface area contributed by atoms with Crippen LogP contribution in [0.1, 0.15) is 46.2 Å². The van der Waals surface area contributed by atoms with E-state index in [-0.39, 0.29) is 5.54 Å². The molecule has 1 N–H and O–H groups in total. The molecule has 0 amide bonds. The highest BCUT2D eigenvalue weighted by atomic mass is 15.4. The lowest BCUT2D eigenvalue weighted by Gasteiger charge is -2.48. The minimum absolute atomic E-state index is 0.176. The lowest BCUT2D eigenvalue weighted by Crippen LogP contribution is -2.61. The zero-order valence-electron chi connectivity index (χ0n) is 14.0. The largest absolute Gasteiger partial charge is 0.315 e. The number of hydrogen-bond donors (Lipinski definition) is 1. The summed E-state index contributed by atoms with van der Waals surface area (Å²) in [6, 6.07) is 0.383. The molecule has 0 aliphatic carbocycles. The molecule has 1 unspecified atom stereocenters. The van der Waals surface area contributed by atoms with Gasteiger partial charge < -0.3 is 5.32 Å². The van der Waals surface area contributed by atoms with Crippen LogP contribution in [0.4, 0.5) is 0 Å². The van der Waals surface area contributed by atoms with E-state index in [9.17, 15) is 0 Å². The summed E-state index contributed by atoms with van der Waals surface area (Å²) < 4.78 is 1.78. The third-order valence-corrected chi connectivity index (χ3v) is 4.68. The first-order valence-corrected chi connectivity index (χ1v) is 7.85. The second kappa shape index (κ2) is 7.74. The number of hydrogen-bond acceptors (Lipinski definition) is 4. The van der Waals surface area contributed by atoms with Crippen LogP contribution in [0.3, 0.4) is 0 Å². The summed E-state index contributed by atoms with van der Waals surface area (Å²) >= 11 is 0. The first-order chi connectivity index (χ1) is 9.57. The van der Waals surface area contributed by atoms with E-state index in [1.54, 1.807) is 4.68 Å². The van der Waals surface area contributed by atoms with Crippen molar-refractivity contribution in [2.24, 2.45) is 7.05 Å². The van der Waals surface area contributed by atoms with Crippen molar-refractivity contribution in [1.29, 1.82) is 0 Å². The van der Waals surface area contributed by atoms with Gasteiger partial charge in [0.15, 0.2) is 0 Å². The molecule has 1 aromatic rings. The van der Waals surface area contributed by atoms with Gasteiger partial charge in [-0.2, -0.15) is 0 Å². The Kier molecular flexibility index (Phi) is 6.62. The van der Waals surface area contributed by atoms with Gasteiger partial charge >= 0.3 is 0 Å². The van der Waals surface area contributed by atoms with Gasteiger partial charge in [0.05, 0.1) is 5.69 Å². The van der Waals surface area contributed by atoms with Crippen molar-refractivity contribution >= 4 is 0 Å². The minimum atomic E-state index is 0.176. The number of rotatable bonds is 9. The van der Waals surface area contributed by atoms with Crippen molar-refractivity contribution in [3.05, 3.63) is 11.9 Å². The van der Waals surface area contributed by atoms with Crippen molar-refractivity contribution in [1.82, 2.24) is 25.2 Å². The molecule has 5 heteroatoms. The highest BCUT2D eigenvalue weighted by Gasteiger charge is 2.39. The van der Waals surface area contributed by atoms with Gasteiger partial charge in [0.25, 0.3) is 0 Å². The molecule has 0 aliphatic heterocycles. The predicted octanol–water partition coefficient (Wildman–Crippen LogP) is 1.85. The standard InChI is InChI=1S/C15H31N5/c1-7-15(8-2,20(9-3)10-4)14(16-5)11-13-12-19(6)18-17-13/h12,14,16H,7-11H2,1-6H3. The van der Waals surface area contributed by atoms with E-state index in [1.807, 2.05) is 13.2 Å². The van der Waals surface area contributed by atoms with Gasteiger partial charge in [-0.1, -0.05) is 32.9 Å². The molecule has 0 bridgehead atoms. The number of aryl methyl sites for hydroxylation is 1. The third-order valence-electron chi connectivity index (χ3n) is 4.68. The molecule has 0 saturated carbocycles. The first-order valence-electron chi connectivity index (χ1n) is 7.85. The SMILES string of the molecule is CCN(CC)C(CC)(CC)C(Cc1cn(C)nn1)NC. The molecule has 0 aromatic carbocycles. The lowest BCUT2D eigenvalue weighted by molar-refractivity contribution is 0.0516. The van der Waals surface area contributed by atoms with Crippen LogP contribution >= 0.6 is 0 Å². The van der Waals surface area contributed by atoms with Gasteiger partial charge in [0, 0.05) is 31.2 Å². The first kappa shape index (κ1) is 17.1. The molecule has 0 spiro atoms. The molecule has 0 fully saturated rings. The molecule has 0 radical (unpaired) electrons. The lowest BCUT2D eigenvalue weighted by atomic mass is 9.80. The van der Waals surface area contributed by atoms with Gasteiger partial charge in [-0.05, 0) is 33.0 Å². The smallest absolute Gasteiger partial charge is 0.0843 e. The van der Waals surface area contributed by atoms with E-state index in [0.717, 1.165) is 38.0 Å². The molecule has 1 rings (SSSR count). The van der Waals surface area contributed by atoms with Crippen LogP contribution in [0, 0.1) is 0 Å². The summed E-state index contributed by atoms with van der Waals surface area (Å²) in [4.78, 5) is 2.59. The summed E-state index contributed by atoms with van der Waals surface area (Å²) in [6.45, 7) is 11.2. The summed E-state index contributed by atoms with van der Waals surface area (Å²) in [6.07, 6.45) is 5.21. The maximum Gasteiger partial charge on any atom is 0.0843 e. The molecule has 0 aliphatic rings.